The number of sulfone groups is 1. The van der Waals surface area contributed by atoms with Gasteiger partial charge in [-0.2, -0.15) is 0 Å². The van der Waals surface area contributed by atoms with Gasteiger partial charge in [0.25, 0.3) is 5.91 Å². The topological polar surface area (TPSA) is 102 Å². The molecule has 3 N–H and O–H groups in total. The fraction of sp³-hybridized carbons (Fsp3) is 0.556. The maximum Gasteiger partial charge on any atom is 0.270 e. The Hall–Kier alpha value is -1.15. The van der Waals surface area contributed by atoms with Crippen LogP contribution in [0.5, 0.6) is 0 Å². The Morgan fingerprint density at radius 3 is 2.94 bits per heavy atom. The van der Waals surface area contributed by atoms with Crippen LogP contribution in [-0.2, 0) is 9.84 Å². The minimum Gasteiger partial charge on any atom is -0.375 e. The number of nitrogen functional groups attached to an aromatic ring is 1. The predicted octanol–water partition coefficient (Wildman–Crippen LogP) is 0.0323. The van der Waals surface area contributed by atoms with Crippen molar-refractivity contribution >= 4 is 32.2 Å². The van der Waals surface area contributed by atoms with E-state index in [1.807, 2.05) is 0 Å². The fourth-order valence-electron chi connectivity index (χ4n) is 1.78. The van der Waals surface area contributed by atoms with Crippen molar-refractivity contribution in [2.75, 3.05) is 18.0 Å². The summed E-state index contributed by atoms with van der Waals surface area (Å²) < 4.78 is 23.1. The molecule has 1 aliphatic rings. The van der Waals surface area contributed by atoms with Gasteiger partial charge in [-0.3, -0.25) is 4.79 Å². The molecule has 0 saturated carbocycles. The number of hydrogen-bond donors (Lipinski definition) is 2. The molecule has 1 aromatic rings. The highest BCUT2D eigenvalue weighted by Crippen LogP contribution is 2.19. The van der Waals surface area contributed by atoms with Crippen molar-refractivity contribution in [3.63, 3.8) is 0 Å². The molecule has 1 amide bonds. The van der Waals surface area contributed by atoms with E-state index in [2.05, 4.69) is 10.3 Å². The van der Waals surface area contributed by atoms with Crippen molar-refractivity contribution in [2.24, 2.45) is 0 Å². The molecule has 2 rings (SSSR count). The number of thiazole rings is 1. The van der Waals surface area contributed by atoms with Crippen molar-refractivity contribution in [3.05, 3.63) is 11.1 Å². The number of nitrogens with zero attached hydrogens (tertiary/aromatic N) is 1. The van der Waals surface area contributed by atoms with E-state index in [-0.39, 0.29) is 23.9 Å². The van der Waals surface area contributed by atoms with E-state index in [1.165, 1.54) is 11.3 Å². The molecule has 8 heteroatoms. The van der Waals surface area contributed by atoms with Gasteiger partial charge in [0.15, 0.2) is 15.0 Å². The van der Waals surface area contributed by atoms with Gasteiger partial charge >= 0.3 is 0 Å². The Morgan fingerprint density at radius 2 is 2.41 bits per heavy atom. The number of nitrogens with one attached hydrogen (secondary N) is 1. The van der Waals surface area contributed by atoms with Gasteiger partial charge in [-0.25, -0.2) is 13.4 Å². The number of rotatable bonds is 3. The summed E-state index contributed by atoms with van der Waals surface area (Å²) in [6.45, 7) is 0.151. The lowest BCUT2D eigenvalue weighted by Gasteiger charge is -2.09. The van der Waals surface area contributed by atoms with E-state index in [0.717, 1.165) is 0 Å². The van der Waals surface area contributed by atoms with Gasteiger partial charge in [0.2, 0.25) is 0 Å². The second-order valence-electron chi connectivity index (χ2n) is 3.91. The number of anilines is 1. The molecular weight excluding hydrogens is 262 g/mol. The molecule has 94 valence electrons. The Morgan fingerprint density at radius 1 is 1.65 bits per heavy atom. The molecule has 6 nitrogen and oxygen atoms in total. The van der Waals surface area contributed by atoms with Gasteiger partial charge in [0, 0.05) is 11.9 Å². The predicted molar refractivity (Wildman–Crippen MR) is 65.7 cm³/mol. The zero-order chi connectivity index (χ0) is 12.5. The Balaban J connectivity index is 1.93. The minimum absolute atomic E-state index is 0.151. The molecule has 1 saturated heterocycles. The number of amides is 1. The van der Waals surface area contributed by atoms with Crippen molar-refractivity contribution < 1.29 is 13.2 Å². The summed E-state index contributed by atoms with van der Waals surface area (Å²) in [6.07, 6.45) is 1.29. The van der Waals surface area contributed by atoms with E-state index < -0.39 is 15.1 Å². The molecule has 0 spiro atoms. The lowest BCUT2D eigenvalue weighted by atomic mass is 10.2. The van der Waals surface area contributed by atoms with E-state index in [0.29, 0.717) is 18.0 Å². The molecule has 1 atom stereocenters. The summed E-state index contributed by atoms with van der Waals surface area (Å²) in [5.41, 5.74) is 5.65. The highest BCUT2D eigenvalue weighted by atomic mass is 32.2. The lowest BCUT2D eigenvalue weighted by molar-refractivity contribution is 0.0949. The standard InChI is InChI=1S/C9H13N3O3S2/c10-9-12-7(5-16-9)8(13)11-4-6-2-1-3-17(6,14)15/h5-6H,1-4H2,(H2,10,12)(H,11,13). The average Bonchev–Trinajstić information content (AvgIpc) is 2.81. The summed E-state index contributed by atoms with van der Waals surface area (Å²) in [4.78, 5) is 15.4. The third kappa shape index (κ3) is 2.75. The number of carbonyl (C=O) groups excluding carboxylic acids is 1. The van der Waals surface area contributed by atoms with Gasteiger partial charge in [-0.05, 0) is 12.8 Å². The van der Waals surface area contributed by atoms with Gasteiger partial charge < -0.3 is 11.1 Å². The third-order valence-electron chi connectivity index (χ3n) is 2.71. The molecule has 0 radical (unpaired) electrons. The molecule has 2 heterocycles. The summed E-state index contributed by atoms with van der Waals surface area (Å²) in [6, 6.07) is 0. The molecular formula is C9H13N3O3S2. The van der Waals surface area contributed by atoms with Crippen LogP contribution in [0.15, 0.2) is 5.38 Å². The normalized spacial score (nSPS) is 22.5. The molecule has 1 aliphatic heterocycles. The maximum atomic E-state index is 11.6. The smallest absolute Gasteiger partial charge is 0.270 e. The average molecular weight is 275 g/mol. The Kier molecular flexibility index (Phi) is 3.34. The summed E-state index contributed by atoms with van der Waals surface area (Å²) in [5, 5.41) is 4.00. The number of nitrogens with two attached hydrogens (primary N) is 1. The van der Waals surface area contributed by atoms with Gasteiger partial charge in [0.1, 0.15) is 5.69 Å². The van der Waals surface area contributed by atoms with Crippen LogP contribution in [0.25, 0.3) is 0 Å². The van der Waals surface area contributed by atoms with Gasteiger partial charge in [-0.1, -0.05) is 0 Å². The summed E-state index contributed by atoms with van der Waals surface area (Å²) in [7, 11) is -3.02. The van der Waals surface area contributed by atoms with E-state index in [9.17, 15) is 13.2 Å². The zero-order valence-corrected chi connectivity index (χ0v) is 10.7. The van der Waals surface area contributed by atoms with Crippen LogP contribution < -0.4 is 11.1 Å². The molecule has 1 aromatic heterocycles. The second kappa shape index (κ2) is 4.61. The van der Waals surface area contributed by atoms with Crippen LogP contribution in [-0.4, -0.2) is 36.9 Å². The second-order valence-corrected chi connectivity index (χ2v) is 7.20. The number of aromatic nitrogens is 1. The maximum absolute atomic E-state index is 11.6. The lowest BCUT2D eigenvalue weighted by Crippen LogP contribution is -2.34. The van der Waals surface area contributed by atoms with Crippen molar-refractivity contribution in [3.8, 4) is 0 Å². The third-order valence-corrected chi connectivity index (χ3v) is 5.66. The molecule has 1 unspecified atom stereocenters. The Bertz CT molecular complexity index is 523. The molecule has 1 fully saturated rings. The summed E-state index contributed by atoms with van der Waals surface area (Å²) >= 11 is 1.18. The van der Waals surface area contributed by atoms with Crippen LogP contribution in [0, 0.1) is 0 Å². The molecule has 0 aromatic carbocycles. The van der Waals surface area contributed by atoms with Gasteiger partial charge in [0.05, 0.1) is 11.0 Å². The molecule has 17 heavy (non-hydrogen) atoms. The highest BCUT2D eigenvalue weighted by Gasteiger charge is 2.31. The first kappa shape index (κ1) is 12.3. The van der Waals surface area contributed by atoms with Crippen molar-refractivity contribution in [1.82, 2.24) is 10.3 Å². The van der Waals surface area contributed by atoms with Crippen LogP contribution in [0.4, 0.5) is 5.13 Å². The Labute approximate surface area is 103 Å². The van der Waals surface area contributed by atoms with E-state index >= 15 is 0 Å². The quantitative estimate of drug-likeness (QED) is 0.810. The van der Waals surface area contributed by atoms with Crippen LogP contribution in [0.1, 0.15) is 23.3 Å². The largest absolute Gasteiger partial charge is 0.375 e. The van der Waals surface area contributed by atoms with Crippen LogP contribution in [0.3, 0.4) is 0 Å². The minimum atomic E-state index is -3.02. The van der Waals surface area contributed by atoms with Crippen molar-refractivity contribution in [2.45, 2.75) is 18.1 Å². The fourth-order valence-corrected chi connectivity index (χ4v) is 4.09. The van der Waals surface area contributed by atoms with Crippen LogP contribution in [0.2, 0.25) is 0 Å². The first-order valence-electron chi connectivity index (χ1n) is 5.20. The van der Waals surface area contributed by atoms with E-state index in [4.69, 9.17) is 5.73 Å². The van der Waals surface area contributed by atoms with Crippen LogP contribution >= 0.6 is 11.3 Å². The first-order chi connectivity index (χ1) is 7.99. The number of hydrogen-bond acceptors (Lipinski definition) is 6. The van der Waals surface area contributed by atoms with E-state index in [1.54, 1.807) is 5.38 Å². The summed E-state index contributed by atoms with van der Waals surface area (Å²) in [5.74, 6) is -0.156. The number of carbonyl (C=O) groups is 1. The van der Waals surface area contributed by atoms with Gasteiger partial charge in [-0.15, -0.1) is 11.3 Å². The molecule has 0 bridgehead atoms. The van der Waals surface area contributed by atoms with Crippen molar-refractivity contribution in [1.29, 1.82) is 0 Å². The monoisotopic (exact) mass is 275 g/mol. The first-order valence-corrected chi connectivity index (χ1v) is 7.79. The highest BCUT2D eigenvalue weighted by molar-refractivity contribution is 7.92. The SMILES string of the molecule is Nc1nc(C(=O)NCC2CCCS2(=O)=O)cs1. The zero-order valence-electron chi connectivity index (χ0n) is 9.05. The molecule has 0 aliphatic carbocycles.